The van der Waals surface area contributed by atoms with Crippen LogP contribution in [-0.2, 0) is 26.3 Å². The number of fused-ring (bicyclic) bond motifs is 1. The molecule has 7 heteroatoms. The Labute approximate surface area is 117 Å². The molecule has 0 N–H and O–H groups in total. The molecule has 2 heterocycles. The first kappa shape index (κ1) is 13.7. The molecule has 1 aromatic carbocycles. The lowest BCUT2D eigenvalue weighted by Crippen LogP contribution is -2.22. The monoisotopic (exact) mass is 300 g/mol. The van der Waals surface area contributed by atoms with Gasteiger partial charge in [-0.05, 0) is 32.4 Å². The van der Waals surface area contributed by atoms with Gasteiger partial charge in [0, 0.05) is 12.0 Å². The number of rotatable bonds is 2. The molecule has 0 bridgehead atoms. The second-order valence-corrected chi connectivity index (χ2v) is 6.57. The van der Waals surface area contributed by atoms with Crippen molar-refractivity contribution < 1.29 is 26.3 Å². The number of hydrogen-bond acceptors (Lipinski definition) is 6. The van der Waals surface area contributed by atoms with Crippen molar-refractivity contribution >= 4 is 10.4 Å². The molecule has 2 aliphatic rings. The van der Waals surface area contributed by atoms with E-state index in [1.54, 1.807) is 12.1 Å². The van der Waals surface area contributed by atoms with Crippen LogP contribution < -0.4 is 8.37 Å². The number of hydrogen-bond donors (Lipinski definition) is 0. The number of benzene rings is 1. The summed E-state index contributed by atoms with van der Waals surface area (Å²) in [6, 6.07) is 3.40. The van der Waals surface area contributed by atoms with Crippen molar-refractivity contribution in [3.63, 3.8) is 0 Å². The molecule has 6 nitrogen and oxygen atoms in total. The molecule has 0 aliphatic carbocycles. The van der Waals surface area contributed by atoms with E-state index in [4.69, 9.17) is 17.8 Å². The second kappa shape index (κ2) is 4.34. The maximum Gasteiger partial charge on any atom is 0.501 e. The third-order valence-corrected chi connectivity index (χ3v) is 4.09. The molecule has 2 aliphatic heterocycles. The maximum atomic E-state index is 11.4. The van der Waals surface area contributed by atoms with Gasteiger partial charge in [-0.2, -0.15) is 0 Å². The van der Waals surface area contributed by atoms with Gasteiger partial charge in [-0.1, -0.05) is 6.07 Å². The fourth-order valence-corrected chi connectivity index (χ4v) is 3.21. The topological polar surface area (TPSA) is 71.1 Å². The summed E-state index contributed by atoms with van der Waals surface area (Å²) in [4.78, 5) is 0. The van der Waals surface area contributed by atoms with Crippen LogP contribution in [0.2, 0.25) is 0 Å². The normalized spacial score (nSPS) is 25.9. The lowest BCUT2D eigenvalue weighted by Gasteiger charge is -2.17. The Hall–Kier alpha value is -1.31. The summed E-state index contributed by atoms with van der Waals surface area (Å²) in [5.74, 6) is -0.123. The van der Waals surface area contributed by atoms with Crippen LogP contribution in [-0.4, -0.2) is 26.9 Å². The molecule has 0 aromatic heterocycles. The number of aryl methyl sites for hydroxylation is 1. The second-order valence-electron chi connectivity index (χ2n) is 5.42. The van der Waals surface area contributed by atoms with Gasteiger partial charge in [0.05, 0.1) is 12.7 Å². The fourth-order valence-electron chi connectivity index (χ4n) is 2.44. The molecule has 1 saturated heterocycles. The molecule has 0 amide bonds. The van der Waals surface area contributed by atoms with Gasteiger partial charge in [0.2, 0.25) is 0 Å². The standard InChI is InChI=1S/C13H16O6S/c1-8-4-5-11-12(19-20(14,15)18-11)10(8)6-9-7-16-13(2,3)17-9/h4-5,9H,6-7H2,1-3H3/t9-/m1/s1. The number of ether oxygens (including phenoxy) is 2. The Morgan fingerprint density at radius 2 is 2.05 bits per heavy atom. The van der Waals surface area contributed by atoms with Gasteiger partial charge in [-0.15, -0.1) is 8.42 Å². The Morgan fingerprint density at radius 3 is 2.70 bits per heavy atom. The van der Waals surface area contributed by atoms with E-state index in [1.807, 2.05) is 20.8 Å². The van der Waals surface area contributed by atoms with Gasteiger partial charge < -0.3 is 17.8 Å². The van der Waals surface area contributed by atoms with E-state index >= 15 is 0 Å². The van der Waals surface area contributed by atoms with Crippen molar-refractivity contribution in [2.24, 2.45) is 0 Å². The fraction of sp³-hybridized carbons (Fsp3) is 0.538. The van der Waals surface area contributed by atoms with Crippen molar-refractivity contribution in [3.8, 4) is 11.5 Å². The molecule has 0 saturated carbocycles. The molecular formula is C13H16O6S. The smallest absolute Gasteiger partial charge is 0.349 e. The first-order valence-electron chi connectivity index (χ1n) is 6.34. The quantitative estimate of drug-likeness (QED) is 0.828. The summed E-state index contributed by atoms with van der Waals surface area (Å²) in [6.07, 6.45) is 0.374. The Bertz CT molecular complexity index is 649. The molecule has 0 radical (unpaired) electrons. The predicted molar refractivity (Wildman–Crippen MR) is 70.0 cm³/mol. The van der Waals surface area contributed by atoms with E-state index < -0.39 is 16.2 Å². The lowest BCUT2D eigenvalue weighted by atomic mass is 10.0. The zero-order valence-corrected chi connectivity index (χ0v) is 12.3. The Balaban J connectivity index is 1.90. The predicted octanol–water partition coefficient (Wildman–Crippen LogP) is 1.71. The van der Waals surface area contributed by atoms with Crippen molar-refractivity contribution in [2.75, 3.05) is 6.61 Å². The van der Waals surface area contributed by atoms with Crippen LogP contribution in [0.4, 0.5) is 0 Å². The third-order valence-electron chi connectivity index (χ3n) is 3.33. The summed E-state index contributed by atoms with van der Waals surface area (Å²) in [5, 5.41) is 0. The van der Waals surface area contributed by atoms with E-state index in [1.165, 1.54) is 0 Å². The van der Waals surface area contributed by atoms with Gasteiger partial charge in [0.1, 0.15) is 0 Å². The summed E-state index contributed by atoms with van der Waals surface area (Å²) < 4.78 is 43.7. The molecule has 3 rings (SSSR count). The van der Waals surface area contributed by atoms with Crippen LogP contribution in [0.15, 0.2) is 12.1 Å². The first-order valence-corrected chi connectivity index (χ1v) is 7.67. The molecular weight excluding hydrogens is 284 g/mol. The van der Waals surface area contributed by atoms with Crippen LogP contribution in [0.25, 0.3) is 0 Å². The zero-order chi connectivity index (χ0) is 14.5. The third kappa shape index (κ3) is 2.48. The molecule has 20 heavy (non-hydrogen) atoms. The van der Waals surface area contributed by atoms with Crippen LogP contribution in [0.3, 0.4) is 0 Å². The lowest BCUT2D eigenvalue weighted by molar-refractivity contribution is -0.138. The van der Waals surface area contributed by atoms with Gasteiger partial charge in [0.25, 0.3) is 0 Å². The van der Waals surface area contributed by atoms with Gasteiger partial charge in [-0.3, -0.25) is 0 Å². The van der Waals surface area contributed by atoms with Crippen molar-refractivity contribution in [2.45, 2.75) is 39.1 Å². The van der Waals surface area contributed by atoms with E-state index in [0.29, 0.717) is 13.0 Å². The van der Waals surface area contributed by atoms with Crippen LogP contribution in [0.1, 0.15) is 25.0 Å². The Morgan fingerprint density at radius 1 is 1.30 bits per heavy atom. The highest BCUT2D eigenvalue weighted by molar-refractivity contribution is 7.82. The maximum absolute atomic E-state index is 11.4. The average Bonchev–Trinajstić information content (AvgIpc) is 2.81. The van der Waals surface area contributed by atoms with Crippen molar-refractivity contribution in [3.05, 3.63) is 23.3 Å². The first-order chi connectivity index (χ1) is 9.26. The Kier molecular flexibility index (Phi) is 2.97. The molecule has 1 atom stereocenters. The average molecular weight is 300 g/mol. The van der Waals surface area contributed by atoms with E-state index in [9.17, 15) is 8.42 Å². The van der Waals surface area contributed by atoms with E-state index in [-0.39, 0.29) is 17.6 Å². The molecule has 1 fully saturated rings. The highest BCUT2D eigenvalue weighted by Gasteiger charge is 2.36. The zero-order valence-electron chi connectivity index (χ0n) is 11.5. The van der Waals surface area contributed by atoms with E-state index in [2.05, 4.69) is 0 Å². The minimum Gasteiger partial charge on any atom is -0.349 e. The van der Waals surface area contributed by atoms with E-state index in [0.717, 1.165) is 11.1 Å². The van der Waals surface area contributed by atoms with Gasteiger partial charge >= 0.3 is 10.4 Å². The minimum atomic E-state index is -3.97. The van der Waals surface area contributed by atoms with Crippen LogP contribution in [0, 0.1) is 6.92 Å². The molecule has 110 valence electrons. The van der Waals surface area contributed by atoms with Gasteiger partial charge in [-0.25, -0.2) is 0 Å². The highest BCUT2D eigenvalue weighted by atomic mass is 32.3. The van der Waals surface area contributed by atoms with Crippen LogP contribution in [0.5, 0.6) is 11.5 Å². The largest absolute Gasteiger partial charge is 0.501 e. The highest BCUT2D eigenvalue weighted by Crippen LogP contribution is 2.41. The molecule has 0 spiro atoms. The summed E-state index contributed by atoms with van der Waals surface area (Å²) in [7, 11) is -3.97. The van der Waals surface area contributed by atoms with Gasteiger partial charge in [0.15, 0.2) is 17.3 Å². The molecule has 0 unspecified atom stereocenters. The van der Waals surface area contributed by atoms with Crippen molar-refractivity contribution in [1.82, 2.24) is 0 Å². The van der Waals surface area contributed by atoms with Crippen LogP contribution >= 0.6 is 0 Å². The summed E-state index contributed by atoms with van der Waals surface area (Å²) in [6.45, 7) is 6.05. The minimum absolute atomic E-state index is 0.137. The summed E-state index contributed by atoms with van der Waals surface area (Å²) in [5.41, 5.74) is 1.70. The SMILES string of the molecule is Cc1ccc2c(c1C[C@@H]1COC(C)(C)O1)OS(=O)(=O)O2. The molecule has 1 aromatic rings. The van der Waals surface area contributed by atoms with Crippen molar-refractivity contribution in [1.29, 1.82) is 0 Å². The summed E-state index contributed by atoms with van der Waals surface area (Å²) >= 11 is 0.